The largest absolute Gasteiger partial charge is 0.320 e. The predicted octanol–water partition coefficient (Wildman–Crippen LogP) is 5.84. The highest BCUT2D eigenvalue weighted by atomic mass is 35.5. The molecule has 0 bridgehead atoms. The van der Waals surface area contributed by atoms with E-state index in [0.717, 1.165) is 16.5 Å². The summed E-state index contributed by atoms with van der Waals surface area (Å²) in [6.07, 6.45) is 3.28. The van der Waals surface area contributed by atoms with Crippen molar-refractivity contribution in [1.29, 1.82) is 0 Å². The molecule has 26 heavy (non-hydrogen) atoms. The van der Waals surface area contributed by atoms with Crippen LogP contribution in [0.1, 0.15) is 31.9 Å². The number of nitrogens with zero attached hydrogens (tertiary/aromatic N) is 1. The average Bonchev–Trinajstić information content (AvgIpc) is 2.60. The molecule has 0 radical (unpaired) electrons. The summed E-state index contributed by atoms with van der Waals surface area (Å²) in [7, 11) is 0. The smallest absolute Gasteiger partial charge is 0.248 e. The fourth-order valence-corrected chi connectivity index (χ4v) is 2.81. The summed E-state index contributed by atoms with van der Waals surface area (Å²) >= 11 is 6.17. The van der Waals surface area contributed by atoms with Gasteiger partial charge in [0.2, 0.25) is 5.91 Å². The highest BCUT2D eigenvalue weighted by Gasteiger charge is 2.12. The molecule has 4 heteroatoms. The van der Waals surface area contributed by atoms with E-state index in [4.69, 9.17) is 11.6 Å². The number of hydrogen-bond donors (Lipinski definition) is 1. The van der Waals surface area contributed by atoms with Crippen LogP contribution in [0.15, 0.2) is 60.7 Å². The Bertz CT molecular complexity index is 970. The van der Waals surface area contributed by atoms with E-state index in [-0.39, 0.29) is 16.5 Å². The molecule has 0 saturated carbocycles. The van der Waals surface area contributed by atoms with Crippen molar-refractivity contribution in [1.82, 2.24) is 4.98 Å². The number of halogens is 1. The monoisotopic (exact) mass is 364 g/mol. The predicted molar refractivity (Wildman–Crippen MR) is 110 cm³/mol. The fraction of sp³-hybridized carbons (Fsp3) is 0.182. The normalized spacial score (nSPS) is 11.8. The average molecular weight is 365 g/mol. The van der Waals surface area contributed by atoms with Crippen LogP contribution in [-0.2, 0) is 10.2 Å². The Morgan fingerprint density at radius 3 is 2.46 bits per heavy atom. The van der Waals surface area contributed by atoms with E-state index < -0.39 is 0 Å². The number of carbonyl (C=O) groups is 1. The van der Waals surface area contributed by atoms with E-state index in [9.17, 15) is 4.79 Å². The molecule has 1 N–H and O–H groups in total. The number of anilines is 1. The van der Waals surface area contributed by atoms with Gasteiger partial charge in [0.25, 0.3) is 0 Å². The van der Waals surface area contributed by atoms with Crippen LogP contribution in [0.5, 0.6) is 0 Å². The number of benzene rings is 2. The summed E-state index contributed by atoms with van der Waals surface area (Å²) in [6.45, 7) is 6.52. The number of aromatic nitrogens is 1. The first-order valence-corrected chi connectivity index (χ1v) is 8.86. The van der Waals surface area contributed by atoms with Crippen LogP contribution in [0.25, 0.3) is 17.0 Å². The van der Waals surface area contributed by atoms with Gasteiger partial charge < -0.3 is 5.32 Å². The minimum Gasteiger partial charge on any atom is -0.320 e. The molecule has 0 unspecified atom stereocenters. The first-order valence-electron chi connectivity index (χ1n) is 8.48. The van der Waals surface area contributed by atoms with Crippen molar-refractivity contribution in [3.05, 3.63) is 77.0 Å². The van der Waals surface area contributed by atoms with Crippen LogP contribution in [0.3, 0.4) is 0 Å². The SMILES string of the molecule is CC(C)(C)c1ccc(/C=C/C(=O)Nc2cc3ccccc3nc2Cl)cc1. The lowest BCUT2D eigenvalue weighted by Crippen LogP contribution is -2.10. The van der Waals surface area contributed by atoms with Gasteiger partial charge in [0, 0.05) is 11.5 Å². The molecule has 1 amide bonds. The van der Waals surface area contributed by atoms with Gasteiger partial charge in [-0.25, -0.2) is 4.98 Å². The van der Waals surface area contributed by atoms with Crippen LogP contribution >= 0.6 is 11.6 Å². The van der Waals surface area contributed by atoms with E-state index in [2.05, 4.69) is 43.2 Å². The maximum atomic E-state index is 12.2. The molecular weight excluding hydrogens is 344 g/mol. The van der Waals surface area contributed by atoms with E-state index in [1.54, 1.807) is 6.08 Å². The molecule has 3 rings (SSSR count). The molecule has 0 spiro atoms. The van der Waals surface area contributed by atoms with Crippen molar-refractivity contribution in [3.8, 4) is 0 Å². The first-order chi connectivity index (χ1) is 12.3. The van der Waals surface area contributed by atoms with E-state index in [1.807, 2.05) is 42.5 Å². The highest BCUT2D eigenvalue weighted by molar-refractivity contribution is 6.33. The zero-order valence-electron chi connectivity index (χ0n) is 15.1. The lowest BCUT2D eigenvalue weighted by Gasteiger charge is -2.18. The maximum Gasteiger partial charge on any atom is 0.248 e. The molecule has 3 nitrogen and oxygen atoms in total. The molecule has 0 aliphatic heterocycles. The third-order valence-electron chi connectivity index (χ3n) is 4.14. The molecular formula is C22H21ClN2O. The van der Waals surface area contributed by atoms with Crippen LogP contribution < -0.4 is 5.32 Å². The second-order valence-corrected chi connectivity index (χ2v) is 7.57. The zero-order chi connectivity index (χ0) is 18.7. The number of fused-ring (bicyclic) bond motifs is 1. The molecule has 1 heterocycles. The Morgan fingerprint density at radius 2 is 1.77 bits per heavy atom. The molecule has 0 aliphatic rings. The summed E-state index contributed by atoms with van der Waals surface area (Å²) in [5.74, 6) is -0.246. The Morgan fingerprint density at radius 1 is 1.08 bits per heavy atom. The maximum absolute atomic E-state index is 12.2. The lowest BCUT2D eigenvalue weighted by atomic mass is 9.87. The summed E-state index contributed by atoms with van der Waals surface area (Å²) < 4.78 is 0. The first kappa shape index (κ1) is 18.2. The summed E-state index contributed by atoms with van der Waals surface area (Å²) in [5.41, 5.74) is 3.64. The van der Waals surface area contributed by atoms with Gasteiger partial charge in [0.15, 0.2) is 5.15 Å². The van der Waals surface area contributed by atoms with E-state index in [1.165, 1.54) is 11.6 Å². The van der Waals surface area contributed by atoms with Gasteiger partial charge in [-0.15, -0.1) is 0 Å². The number of nitrogens with one attached hydrogen (secondary N) is 1. The van der Waals surface area contributed by atoms with Gasteiger partial charge in [0.1, 0.15) is 0 Å². The van der Waals surface area contributed by atoms with Gasteiger partial charge in [-0.05, 0) is 34.8 Å². The molecule has 0 fully saturated rings. The van der Waals surface area contributed by atoms with Crippen molar-refractivity contribution in [2.24, 2.45) is 0 Å². The van der Waals surface area contributed by atoms with E-state index in [0.29, 0.717) is 5.69 Å². The molecule has 2 aromatic carbocycles. The number of pyridine rings is 1. The summed E-state index contributed by atoms with van der Waals surface area (Å²) in [5, 5.41) is 3.99. The minimum absolute atomic E-state index is 0.111. The standard InChI is InChI=1S/C22H21ClN2O/c1-22(2,3)17-11-8-15(9-12-17)10-13-20(26)24-19-14-16-6-4-5-7-18(16)25-21(19)23/h4-14H,1-3H3,(H,24,26)/b13-10+. The van der Waals surface area contributed by atoms with Crippen molar-refractivity contribution < 1.29 is 4.79 Å². The number of carbonyl (C=O) groups excluding carboxylic acids is 1. The Labute approximate surface area is 158 Å². The summed E-state index contributed by atoms with van der Waals surface area (Å²) in [6, 6.07) is 17.7. The van der Waals surface area contributed by atoms with Crippen molar-refractivity contribution in [3.63, 3.8) is 0 Å². The second-order valence-electron chi connectivity index (χ2n) is 7.21. The Kier molecular flexibility index (Phi) is 5.10. The third kappa shape index (κ3) is 4.30. The highest BCUT2D eigenvalue weighted by Crippen LogP contribution is 2.25. The Hall–Kier alpha value is -2.65. The second kappa shape index (κ2) is 7.30. The molecule has 0 saturated heterocycles. The van der Waals surface area contributed by atoms with Gasteiger partial charge in [-0.1, -0.05) is 74.8 Å². The zero-order valence-corrected chi connectivity index (χ0v) is 15.8. The van der Waals surface area contributed by atoms with Crippen LogP contribution in [0.4, 0.5) is 5.69 Å². The molecule has 3 aromatic rings. The lowest BCUT2D eigenvalue weighted by molar-refractivity contribution is -0.111. The van der Waals surface area contributed by atoms with Crippen LogP contribution in [0.2, 0.25) is 5.15 Å². The third-order valence-corrected chi connectivity index (χ3v) is 4.43. The number of hydrogen-bond acceptors (Lipinski definition) is 2. The Balaban J connectivity index is 1.72. The quantitative estimate of drug-likeness (QED) is 0.468. The van der Waals surface area contributed by atoms with E-state index >= 15 is 0 Å². The topological polar surface area (TPSA) is 42.0 Å². The molecule has 1 aromatic heterocycles. The van der Waals surface area contributed by atoms with Crippen LogP contribution in [0, 0.1) is 0 Å². The number of amides is 1. The number of rotatable bonds is 3. The number of para-hydroxylation sites is 1. The minimum atomic E-state index is -0.246. The molecule has 0 aliphatic carbocycles. The van der Waals surface area contributed by atoms with Crippen LogP contribution in [-0.4, -0.2) is 10.9 Å². The van der Waals surface area contributed by atoms with Gasteiger partial charge in [-0.3, -0.25) is 4.79 Å². The van der Waals surface area contributed by atoms with Gasteiger partial charge in [-0.2, -0.15) is 0 Å². The molecule has 0 atom stereocenters. The summed E-state index contributed by atoms with van der Waals surface area (Å²) in [4.78, 5) is 16.5. The van der Waals surface area contributed by atoms with Gasteiger partial charge >= 0.3 is 0 Å². The van der Waals surface area contributed by atoms with Crippen molar-refractivity contribution in [2.45, 2.75) is 26.2 Å². The fourth-order valence-electron chi connectivity index (χ4n) is 2.62. The van der Waals surface area contributed by atoms with Gasteiger partial charge in [0.05, 0.1) is 11.2 Å². The van der Waals surface area contributed by atoms with Crippen molar-refractivity contribution in [2.75, 3.05) is 5.32 Å². The van der Waals surface area contributed by atoms with Crippen molar-refractivity contribution >= 4 is 40.2 Å². The molecule has 132 valence electrons.